The molecule has 0 spiro atoms. The topological polar surface area (TPSA) is 50.5 Å². The van der Waals surface area contributed by atoms with E-state index in [0.29, 0.717) is 28.6 Å². The maximum Gasteiger partial charge on any atom is 0.416 e. The molecule has 0 fully saturated rings. The van der Waals surface area contributed by atoms with E-state index in [4.69, 9.17) is 16.0 Å². The molecule has 0 bridgehead atoms. The number of alkyl halides is 6. The lowest BCUT2D eigenvalue weighted by molar-refractivity contribution is -0.143. The first kappa shape index (κ1) is 27.3. The molecule has 0 unspecified atom stereocenters. The van der Waals surface area contributed by atoms with Crippen molar-refractivity contribution < 1.29 is 35.6 Å². The second-order valence-electron chi connectivity index (χ2n) is 8.67. The first-order chi connectivity index (χ1) is 17.7. The van der Waals surface area contributed by atoms with Crippen LogP contribution in [0.2, 0.25) is 5.02 Å². The summed E-state index contributed by atoms with van der Waals surface area (Å²) in [6.07, 6.45) is -10.1. The molecule has 1 heterocycles. The molecule has 0 saturated heterocycles. The Morgan fingerprint density at radius 1 is 0.921 bits per heavy atom. The highest BCUT2D eigenvalue weighted by Gasteiger charge is 2.37. The Balaban J connectivity index is 1.86. The predicted molar refractivity (Wildman–Crippen MR) is 130 cm³/mol. The van der Waals surface area contributed by atoms with E-state index in [-0.39, 0.29) is 22.2 Å². The number of carbonyl (C=O) groups is 1. The van der Waals surface area contributed by atoms with Crippen molar-refractivity contribution >= 4 is 28.5 Å². The summed E-state index contributed by atoms with van der Waals surface area (Å²) in [6, 6.07) is 12.4. The van der Waals surface area contributed by atoms with Gasteiger partial charge in [-0.1, -0.05) is 35.9 Å². The van der Waals surface area contributed by atoms with Gasteiger partial charge in [-0.15, -0.1) is 0 Å². The smallest absolute Gasteiger partial charge is 0.416 e. The van der Waals surface area contributed by atoms with Crippen molar-refractivity contribution in [3.63, 3.8) is 0 Å². The Hall–Kier alpha value is -3.79. The van der Waals surface area contributed by atoms with Gasteiger partial charge in [0.25, 0.3) is 5.91 Å². The summed E-state index contributed by atoms with van der Waals surface area (Å²) in [7, 11) is 1.17. The molecule has 4 aromatic rings. The molecule has 0 atom stereocenters. The van der Waals surface area contributed by atoms with Gasteiger partial charge in [-0.3, -0.25) is 4.79 Å². The Kier molecular flexibility index (Phi) is 7.05. The van der Waals surface area contributed by atoms with Gasteiger partial charge in [0.1, 0.15) is 11.1 Å². The third-order valence-corrected chi connectivity index (χ3v) is 6.14. The predicted octanol–water partition coefficient (Wildman–Crippen LogP) is 7.73. The Bertz CT molecular complexity index is 1580. The van der Waals surface area contributed by atoms with Gasteiger partial charge >= 0.3 is 18.0 Å². The molecular formula is C27H18ClF6NO3. The first-order valence-electron chi connectivity index (χ1n) is 11.0. The number of rotatable bonds is 4. The molecule has 3 aromatic carbocycles. The lowest BCUT2D eigenvalue weighted by Gasteiger charge is -2.21. The summed E-state index contributed by atoms with van der Waals surface area (Å²) in [4.78, 5) is 27.5. The fourth-order valence-electron chi connectivity index (χ4n) is 4.15. The van der Waals surface area contributed by atoms with E-state index >= 15 is 0 Å². The largest absolute Gasteiger partial charge is 0.422 e. The van der Waals surface area contributed by atoms with E-state index in [1.54, 1.807) is 31.2 Å². The summed E-state index contributed by atoms with van der Waals surface area (Å²) in [5.41, 5.74) is -3.36. The summed E-state index contributed by atoms with van der Waals surface area (Å²) in [5, 5.41) is 0.623. The summed E-state index contributed by atoms with van der Waals surface area (Å²) in [6.45, 7) is 1.10. The van der Waals surface area contributed by atoms with E-state index in [2.05, 4.69) is 0 Å². The molecule has 0 aliphatic carbocycles. The van der Waals surface area contributed by atoms with Gasteiger partial charge in [0.05, 0.1) is 11.1 Å². The van der Waals surface area contributed by atoms with Crippen molar-refractivity contribution in [3.8, 4) is 11.1 Å². The van der Waals surface area contributed by atoms with Gasteiger partial charge in [0, 0.05) is 29.6 Å². The molecule has 11 heteroatoms. The maximum atomic E-state index is 13.6. The highest BCUT2D eigenvalue weighted by atomic mass is 35.5. The average molecular weight is 554 g/mol. The van der Waals surface area contributed by atoms with Crippen LogP contribution in [0.3, 0.4) is 0 Å². The van der Waals surface area contributed by atoms with Gasteiger partial charge in [0.2, 0.25) is 0 Å². The molecule has 0 aliphatic rings. The van der Waals surface area contributed by atoms with Crippen LogP contribution in [-0.2, 0) is 18.9 Å². The number of hydrogen-bond donors (Lipinski definition) is 0. The Morgan fingerprint density at radius 3 is 2.11 bits per heavy atom. The van der Waals surface area contributed by atoms with Crippen molar-refractivity contribution in [2.45, 2.75) is 25.8 Å². The van der Waals surface area contributed by atoms with Crippen LogP contribution in [0.15, 0.2) is 69.9 Å². The molecule has 0 N–H and O–H groups in total. The minimum atomic E-state index is -5.05. The van der Waals surface area contributed by atoms with E-state index in [9.17, 15) is 35.9 Å². The van der Waals surface area contributed by atoms with Crippen LogP contribution in [0.4, 0.5) is 26.3 Å². The molecule has 4 rings (SSSR count). The highest BCUT2D eigenvalue weighted by Crippen LogP contribution is 2.37. The fraction of sp³-hybridized carbons (Fsp3) is 0.185. The monoisotopic (exact) mass is 553 g/mol. The van der Waals surface area contributed by atoms with E-state index in [0.717, 1.165) is 4.90 Å². The number of carbonyl (C=O) groups excluding carboxylic acids is 1. The molecule has 4 nitrogen and oxygen atoms in total. The lowest BCUT2D eigenvalue weighted by atomic mass is 9.93. The van der Waals surface area contributed by atoms with Crippen LogP contribution < -0.4 is 5.63 Å². The molecule has 198 valence electrons. The molecule has 1 aromatic heterocycles. The zero-order valence-corrected chi connectivity index (χ0v) is 20.6. The quantitative estimate of drug-likeness (QED) is 0.192. The van der Waals surface area contributed by atoms with E-state index < -0.39 is 52.7 Å². The number of aryl methyl sites for hydroxylation is 1. The van der Waals surface area contributed by atoms with Crippen molar-refractivity contribution in [1.29, 1.82) is 0 Å². The third-order valence-electron chi connectivity index (χ3n) is 5.91. The van der Waals surface area contributed by atoms with E-state index in [1.807, 2.05) is 0 Å². The Labute approximate surface area is 217 Å². The van der Waals surface area contributed by atoms with Crippen molar-refractivity contribution in [1.82, 2.24) is 4.90 Å². The number of benzene rings is 3. The fourth-order valence-corrected chi connectivity index (χ4v) is 4.32. The standard InChI is InChI=1S/C27H18ClF6NO3/c1-14-5-3-4-6-19(14)22-20-12-18(28)7-8-21(20)38-25(37)23(22)24(36)35(2)13-15-9-16(26(29,30)31)11-17(10-15)27(32,33)34/h3-12H,13H2,1-2H3. The second-order valence-corrected chi connectivity index (χ2v) is 9.11. The molecule has 0 aliphatic heterocycles. The molecule has 38 heavy (non-hydrogen) atoms. The van der Waals surface area contributed by atoms with Gasteiger partial charge in [-0.2, -0.15) is 26.3 Å². The minimum absolute atomic E-state index is 0.00328. The summed E-state index contributed by atoms with van der Waals surface area (Å²) >= 11 is 6.16. The highest BCUT2D eigenvalue weighted by molar-refractivity contribution is 6.31. The number of amides is 1. The van der Waals surface area contributed by atoms with Crippen molar-refractivity contribution in [2.75, 3.05) is 7.05 Å². The number of halogens is 7. The minimum Gasteiger partial charge on any atom is -0.422 e. The molecular weight excluding hydrogens is 536 g/mol. The van der Waals surface area contributed by atoms with Gasteiger partial charge in [-0.05, 0) is 60.0 Å². The second kappa shape index (κ2) is 9.83. The van der Waals surface area contributed by atoms with Crippen LogP contribution in [0.1, 0.15) is 32.6 Å². The number of nitrogens with zero attached hydrogens (tertiary/aromatic N) is 1. The van der Waals surface area contributed by atoms with Gasteiger partial charge < -0.3 is 9.32 Å². The van der Waals surface area contributed by atoms with E-state index in [1.165, 1.54) is 25.2 Å². The van der Waals surface area contributed by atoms with Crippen LogP contribution in [0.25, 0.3) is 22.1 Å². The van der Waals surface area contributed by atoms with Crippen LogP contribution >= 0.6 is 11.6 Å². The van der Waals surface area contributed by atoms with Crippen molar-refractivity contribution in [2.24, 2.45) is 0 Å². The van der Waals surface area contributed by atoms with Gasteiger partial charge in [-0.25, -0.2) is 4.79 Å². The normalized spacial score (nSPS) is 12.1. The van der Waals surface area contributed by atoms with Crippen LogP contribution in [0.5, 0.6) is 0 Å². The van der Waals surface area contributed by atoms with Crippen molar-refractivity contribution in [3.05, 3.63) is 104 Å². The maximum absolute atomic E-state index is 13.6. The molecule has 0 saturated carbocycles. The number of fused-ring (bicyclic) bond motifs is 1. The Morgan fingerprint density at radius 2 is 1.53 bits per heavy atom. The first-order valence-corrected chi connectivity index (χ1v) is 11.4. The average Bonchev–Trinajstić information content (AvgIpc) is 2.82. The SMILES string of the molecule is Cc1ccccc1-c1c(C(=O)N(C)Cc2cc(C(F)(F)F)cc(C(F)(F)F)c2)c(=O)oc2ccc(Cl)cc12. The molecule has 0 radical (unpaired) electrons. The van der Waals surface area contributed by atoms with Crippen LogP contribution in [-0.4, -0.2) is 17.9 Å². The summed E-state index contributed by atoms with van der Waals surface area (Å²) in [5.74, 6) is -0.954. The van der Waals surface area contributed by atoms with Crippen LogP contribution in [0, 0.1) is 6.92 Å². The van der Waals surface area contributed by atoms with Gasteiger partial charge in [0.15, 0.2) is 0 Å². The zero-order chi connectivity index (χ0) is 28.0. The molecule has 1 amide bonds. The number of hydrogen-bond acceptors (Lipinski definition) is 3. The summed E-state index contributed by atoms with van der Waals surface area (Å²) < 4.78 is 85.1. The third kappa shape index (κ3) is 5.40. The zero-order valence-electron chi connectivity index (χ0n) is 19.8. The lowest BCUT2D eigenvalue weighted by Crippen LogP contribution is -2.31.